The third-order valence-corrected chi connectivity index (χ3v) is 3.05. The van der Waals surface area contributed by atoms with E-state index in [4.69, 9.17) is 0 Å². The molecule has 0 spiro atoms. The van der Waals surface area contributed by atoms with Crippen molar-refractivity contribution in [3.8, 4) is 0 Å². The third-order valence-electron chi connectivity index (χ3n) is 3.05. The standard InChI is InChI=1S/C16H12FN3O/c1-10-9-12(11-5-2-3-6-13(11)18-10)16(21)20-15-8-4-7-14(17)19-15/h2-9H,1H3,(H,19,20,21). The first-order valence-electron chi connectivity index (χ1n) is 6.44. The summed E-state index contributed by atoms with van der Waals surface area (Å²) in [6, 6.07) is 13.3. The van der Waals surface area contributed by atoms with Gasteiger partial charge in [0.15, 0.2) is 0 Å². The largest absolute Gasteiger partial charge is 0.306 e. The summed E-state index contributed by atoms with van der Waals surface area (Å²) in [7, 11) is 0. The molecule has 1 amide bonds. The number of carbonyl (C=O) groups is 1. The highest BCUT2D eigenvalue weighted by Gasteiger charge is 2.12. The van der Waals surface area contributed by atoms with E-state index in [1.165, 1.54) is 18.2 Å². The maximum atomic E-state index is 13.1. The number of nitrogens with zero attached hydrogens (tertiary/aromatic N) is 2. The molecule has 3 rings (SSSR count). The van der Waals surface area contributed by atoms with Crippen LogP contribution in [0.3, 0.4) is 0 Å². The Labute approximate surface area is 120 Å². The Morgan fingerprint density at radius 2 is 1.90 bits per heavy atom. The van der Waals surface area contributed by atoms with E-state index in [1.807, 2.05) is 31.2 Å². The summed E-state index contributed by atoms with van der Waals surface area (Å²) in [6.07, 6.45) is 0. The van der Waals surface area contributed by atoms with Gasteiger partial charge in [-0.1, -0.05) is 24.3 Å². The van der Waals surface area contributed by atoms with Gasteiger partial charge in [-0.2, -0.15) is 4.39 Å². The highest BCUT2D eigenvalue weighted by atomic mass is 19.1. The van der Waals surface area contributed by atoms with E-state index in [9.17, 15) is 9.18 Å². The molecule has 2 aromatic heterocycles. The van der Waals surface area contributed by atoms with Gasteiger partial charge in [0.25, 0.3) is 5.91 Å². The van der Waals surface area contributed by atoms with Crippen molar-refractivity contribution in [1.82, 2.24) is 9.97 Å². The van der Waals surface area contributed by atoms with Crippen molar-refractivity contribution in [2.75, 3.05) is 5.32 Å². The molecular weight excluding hydrogens is 269 g/mol. The summed E-state index contributed by atoms with van der Waals surface area (Å²) >= 11 is 0. The van der Waals surface area contributed by atoms with Gasteiger partial charge in [-0.3, -0.25) is 9.78 Å². The van der Waals surface area contributed by atoms with Crippen LogP contribution < -0.4 is 5.32 Å². The first kappa shape index (κ1) is 13.2. The van der Waals surface area contributed by atoms with Crippen LogP contribution >= 0.6 is 0 Å². The zero-order chi connectivity index (χ0) is 14.8. The molecule has 5 heteroatoms. The van der Waals surface area contributed by atoms with Crippen molar-refractivity contribution >= 4 is 22.6 Å². The molecule has 0 saturated carbocycles. The second-order valence-electron chi connectivity index (χ2n) is 4.63. The van der Waals surface area contributed by atoms with Crippen LogP contribution in [0.1, 0.15) is 16.1 Å². The van der Waals surface area contributed by atoms with Crippen LogP contribution in [-0.2, 0) is 0 Å². The third kappa shape index (κ3) is 2.72. The van der Waals surface area contributed by atoms with Crippen molar-refractivity contribution in [2.24, 2.45) is 0 Å². The van der Waals surface area contributed by atoms with E-state index in [0.29, 0.717) is 5.56 Å². The van der Waals surface area contributed by atoms with Crippen LogP contribution in [-0.4, -0.2) is 15.9 Å². The second-order valence-corrected chi connectivity index (χ2v) is 4.63. The fourth-order valence-electron chi connectivity index (χ4n) is 2.16. The van der Waals surface area contributed by atoms with Crippen molar-refractivity contribution in [3.05, 3.63) is 65.7 Å². The highest BCUT2D eigenvalue weighted by Crippen LogP contribution is 2.19. The number of amides is 1. The first-order valence-corrected chi connectivity index (χ1v) is 6.44. The number of aryl methyl sites for hydroxylation is 1. The molecule has 3 aromatic rings. The van der Waals surface area contributed by atoms with Gasteiger partial charge in [-0.05, 0) is 31.2 Å². The Morgan fingerprint density at radius 3 is 2.71 bits per heavy atom. The summed E-state index contributed by atoms with van der Waals surface area (Å²) in [6.45, 7) is 1.82. The number of fused-ring (bicyclic) bond motifs is 1. The Bertz CT molecular complexity index is 833. The number of nitrogens with one attached hydrogen (secondary N) is 1. The minimum absolute atomic E-state index is 0.179. The average molecular weight is 281 g/mol. The predicted octanol–water partition coefficient (Wildman–Crippen LogP) is 3.33. The summed E-state index contributed by atoms with van der Waals surface area (Å²) in [5, 5.41) is 3.35. The van der Waals surface area contributed by atoms with Gasteiger partial charge in [0, 0.05) is 11.1 Å². The normalized spacial score (nSPS) is 10.6. The molecule has 0 saturated heterocycles. The molecule has 0 aliphatic rings. The van der Waals surface area contributed by atoms with Crippen molar-refractivity contribution in [2.45, 2.75) is 6.92 Å². The molecule has 1 aromatic carbocycles. The zero-order valence-electron chi connectivity index (χ0n) is 11.3. The number of halogens is 1. The highest BCUT2D eigenvalue weighted by molar-refractivity contribution is 6.12. The maximum Gasteiger partial charge on any atom is 0.257 e. The van der Waals surface area contributed by atoms with Crippen LogP contribution in [0.4, 0.5) is 10.2 Å². The number of rotatable bonds is 2. The fourth-order valence-corrected chi connectivity index (χ4v) is 2.16. The average Bonchev–Trinajstić information content (AvgIpc) is 2.46. The number of anilines is 1. The van der Waals surface area contributed by atoms with Gasteiger partial charge in [0.05, 0.1) is 11.1 Å². The Balaban J connectivity index is 2.02. The quantitative estimate of drug-likeness (QED) is 0.733. The van der Waals surface area contributed by atoms with Crippen LogP contribution in [0, 0.1) is 12.9 Å². The lowest BCUT2D eigenvalue weighted by Gasteiger charge is -2.08. The molecule has 0 unspecified atom stereocenters. The molecule has 0 aliphatic heterocycles. The number of hydrogen-bond acceptors (Lipinski definition) is 3. The number of para-hydroxylation sites is 1. The monoisotopic (exact) mass is 281 g/mol. The van der Waals surface area contributed by atoms with Gasteiger partial charge in [0.2, 0.25) is 5.95 Å². The molecule has 0 fully saturated rings. The van der Waals surface area contributed by atoms with Gasteiger partial charge in [-0.25, -0.2) is 4.98 Å². The number of pyridine rings is 2. The minimum Gasteiger partial charge on any atom is -0.306 e. The Morgan fingerprint density at radius 1 is 1.10 bits per heavy atom. The molecule has 104 valence electrons. The fraction of sp³-hybridized carbons (Fsp3) is 0.0625. The van der Waals surface area contributed by atoms with E-state index in [0.717, 1.165) is 16.6 Å². The summed E-state index contributed by atoms with van der Waals surface area (Å²) in [5.74, 6) is -0.795. The molecule has 4 nitrogen and oxygen atoms in total. The number of carbonyl (C=O) groups excluding carboxylic acids is 1. The maximum absolute atomic E-state index is 13.1. The molecule has 1 N–H and O–H groups in total. The van der Waals surface area contributed by atoms with Crippen LogP contribution in [0.25, 0.3) is 10.9 Å². The van der Waals surface area contributed by atoms with Gasteiger partial charge >= 0.3 is 0 Å². The lowest BCUT2D eigenvalue weighted by Crippen LogP contribution is -2.14. The number of hydrogen-bond donors (Lipinski definition) is 1. The first-order chi connectivity index (χ1) is 10.1. The van der Waals surface area contributed by atoms with Gasteiger partial charge in [0.1, 0.15) is 5.82 Å². The Hall–Kier alpha value is -2.82. The predicted molar refractivity (Wildman–Crippen MR) is 78.6 cm³/mol. The Kier molecular flexibility index (Phi) is 3.31. The molecule has 0 bridgehead atoms. The molecule has 0 atom stereocenters. The summed E-state index contributed by atoms with van der Waals surface area (Å²) < 4.78 is 13.1. The van der Waals surface area contributed by atoms with E-state index in [-0.39, 0.29) is 11.7 Å². The molecule has 21 heavy (non-hydrogen) atoms. The van der Waals surface area contributed by atoms with E-state index < -0.39 is 5.95 Å². The van der Waals surface area contributed by atoms with Crippen molar-refractivity contribution < 1.29 is 9.18 Å². The molecule has 0 aliphatic carbocycles. The summed E-state index contributed by atoms with van der Waals surface area (Å²) in [5.41, 5.74) is 1.98. The van der Waals surface area contributed by atoms with Gasteiger partial charge < -0.3 is 5.32 Å². The SMILES string of the molecule is Cc1cc(C(=O)Nc2cccc(F)n2)c2ccccc2n1. The lowest BCUT2D eigenvalue weighted by molar-refractivity contribution is 0.102. The van der Waals surface area contributed by atoms with Gasteiger partial charge in [-0.15, -0.1) is 0 Å². The molecule has 0 radical (unpaired) electrons. The smallest absolute Gasteiger partial charge is 0.257 e. The number of benzene rings is 1. The number of aromatic nitrogens is 2. The molecule has 2 heterocycles. The van der Waals surface area contributed by atoms with Crippen molar-refractivity contribution in [3.63, 3.8) is 0 Å². The van der Waals surface area contributed by atoms with E-state index in [1.54, 1.807) is 6.07 Å². The summed E-state index contributed by atoms with van der Waals surface area (Å²) in [4.78, 5) is 20.4. The van der Waals surface area contributed by atoms with Crippen LogP contribution in [0.5, 0.6) is 0 Å². The van der Waals surface area contributed by atoms with Crippen molar-refractivity contribution in [1.29, 1.82) is 0 Å². The second kappa shape index (κ2) is 5.28. The lowest BCUT2D eigenvalue weighted by atomic mass is 10.1. The molecular formula is C16H12FN3O. The zero-order valence-corrected chi connectivity index (χ0v) is 11.3. The minimum atomic E-state index is -0.636. The van der Waals surface area contributed by atoms with E-state index in [2.05, 4.69) is 15.3 Å². The van der Waals surface area contributed by atoms with E-state index >= 15 is 0 Å². The van der Waals surface area contributed by atoms with Crippen LogP contribution in [0.15, 0.2) is 48.5 Å². The van der Waals surface area contributed by atoms with Crippen LogP contribution in [0.2, 0.25) is 0 Å². The topological polar surface area (TPSA) is 54.9 Å².